The van der Waals surface area contributed by atoms with Crippen molar-refractivity contribution in [1.29, 1.82) is 0 Å². The number of aliphatic imine (C=N–C) groups is 1. The summed E-state index contributed by atoms with van der Waals surface area (Å²) in [7, 11) is 0. The Kier molecular flexibility index (Phi) is 6.42. The lowest BCUT2D eigenvalue weighted by molar-refractivity contribution is -0.384. The Morgan fingerprint density at radius 3 is 2.50 bits per heavy atom. The van der Waals surface area contributed by atoms with Crippen molar-refractivity contribution in [3.05, 3.63) is 99.7 Å². The molecule has 1 amide bonds. The van der Waals surface area contributed by atoms with E-state index >= 15 is 0 Å². The maximum atomic E-state index is 11.4. The van der Waals surface area contributed by atoms with Gasteiger partial charge in [0.1, 0.15) is 0 Å². The van der Waals surface area contributed by atoms with Gasteiger partial charge in [-0.2, -0.15) is 0 Å². The molecule has 6 N–H and O–H groups in total. The number of imidazole rings is 1. The quantitative estimate of drug-likeness (QED) is 0.120. The fourth-order valence-corrected chi connectivity index (χ4v) is 4.13. The average molecular weight is 510 g/mol. The summed E-state index contributed by atoms with van der Waals surface area (Å²) in [5, 5.41) is 25.4. The number of carbonyl (C=O) groups excluding carboxylic acids is 1. The Morgan fingerprint density at radius 1 is 1.11 bits per heavy atom. The van der Waals surface area contributed by atoms with Crippen molar-refractivity contribution < 1.29 is 14.8 Å². The SMILES string of the molecule is CC(=O)Nc1ncc(-c2ccc(N=C(c3ccc(CN)cc3)c3c(O)[nH]c4ccc([N+](=O)[O-])cc34)cc2)[nH]1. The molecule has 0 unspecified atom stereocenters. The minimum atomic E-state index is -0.481. The van der Waals surface area contributed by atoms with Gasteiger partial charge in [0.15, 0.2) is 5.88 Å². The molecule has 0 aliphatic carbocycles. The predicted octanol–water partition coefficient (Wildman–Crippen LogP) is 4.76. The zero-order valence-corrected chi connectivity index (χ0v) is 20.2. The van der Waals surface area contributed by atoms with E-state index in [0.29, 0.717) is 51.6 Å². The molecule has 0 aliphatic rings. The van der Waals surface area contributed by atoms with Gasteiger partial charge < -0.3 is 20.8 Å². The molecule has 0 bridgehead atoms. The van der Waals surface area contributed by atoms with Crippen molar-refractivity contribution in [2.45, 2.75) is 13.5 Å². The number of nitro benzene ring substituents is 1. The molecule has 38 heavy (non-hydrogen) atoms. The molecule has 11 heteroatoms. The van der Waals surface area contributed by atoms with Crippen LogP contribution in [0.2, 0.25) is 0 Å². The average Bonchev–Trinajstić information content (AvgIpc) is 3.50. The predicted molar refractivity (Wildman–Crippen MR) is 145 cm³/mol. The first-order valence-electron chi connectivity index (χ1n) is 11.6. The maximum absolute atomic E-state index is 11.4. The lowest BCUT2D eigenvalue weighted by Gasteiger charge is -2.09. The van der Waals surface area contributed by atoms with Crippen LogP contribution >= 0.6 is 0 Å². The molecule has 2 aromatic heterocycles. The Hall–Kier alpha value is -5.29. The molecule has 0 atom stereocenters. The molecular formula is C27H23N7O4. The minimum Gasteiger partial charge on any atom is -0.494 e. The number of rotatable bonds is 7. The number of non-ortho nitro benzene ring substituents is 1. The summed E-state index contributed by atoms with van der Waals surface area (Å²) < 4.78 is 0. The van der Waals surface area contributed by atoms with Crippen LogP contribution in [0.3, 0.4) is 0 Å². The number of fused-ring (bicyclic) bond motifs is 1. The number of nitro groups is 1. The van der Waals surface area contributed by atoms with Gasteiger partial charge in [-0.15, -0.1) is 0 Å². The molecule has 3 aromatic carbocycles. The highest BCUT2D eigenvalue weighted by molar-refractivity contribution is 6.22. The first-order valence-corrected chi connectivity index (χ1v) is 11.6. The van der Waals surface area contributed by atoms with Gasteiger partial charge in [-0.25, -0.2) is 9.98 Å². The number of aromatic hydroxyl groups is 1. The number of anilines is 1. The van der Waals surface area contributed by atoms with E-state index in [0.717, 1.165) is 11.1 Å². The van der Waals surface area contributed by atoms with Crippen molar-refractivity contribution in [2.24, 2.45) is 10.7 Å². The lowest BCUT2D eigenvalue weighted by Crippen LogP contribution is -2.06. The molecule has 0 saturated carbocycles. The number of nitrogens with zero attached hydrogens (tertiary/aromatic N) is 3. The molecular weight excluding hydrogens is 486 g/mol. The van der Waals surface area contributed by atoms with Gasteiger partial charge in [0.25, 0.3) is 5.69 Å². The van der Waals surface area contributed by atoms with E-state index in [-0.39, 0.29) is 17.5 Å². The number of nitrogens with two attached hydrogens (primary N) is 1. The van der Waals surface area contributed by atoms with Gasteiger partial charge in [0, 0.05) is 42.1 Å². The first-order chi connectivity index (χ1) is 18.3. The van der Waals surface area contributed by atoms with Crippen LogP contribution in [0.25, 0.3) is 22.2 Å². The number of H-pyrrole nitrogens is 2. The van der Waals surface area contributed by atoms with E-state index in [2.05, 4.69) is 20.3 Å². The van der Waals surface area contributed by atoms with E-state index < -0.39 is 4.92 Å². The highest BCUT2D eigenvalue weighted by Gasteiger charge is 2.21. The van der Waals surface area contributed by atoms with Crippen molar-refractivity contribution >= 4 is 39.8 Å². The number of nitrogens with one attached hydrogen (secondary N) is 3. The molecule has 2 heterocycles. The van der Waals surface area contributed by atoms with Crippen molar-refractivity contribution in [3.63, 3.8) is 0 Å². The van der Waals surface area contributed by atoms with Crippen molar-refractivity contribution in [2.75, 3.05) is 5.32 Å². The summed E-state index contributed by atoms with van der Waals surface area (Å²) in [6.45, 7) is 1.77. The van der Waals surface area contributed by atoms with Gasteiger partial charge in [-0.1, -0.05) is 36.4 Å². The molecule has 0 saturated heterocycles. The zero-order valence-electron chi connectivity index (χ0n) is 20.2. The fraction of sp³-hybridized carbons (Fsp3) is 0.0741. The maximum Gasteiger partial charge on any atom is 0.270 e. The number of carbonyl (C=O) groups is 1. The number of aromatic amines is 2. The van der Waals surface area contributed by atoms with Crippen LogP contribution in [0.5, 0.6) is 5.88 Å². The van der Waals surface area contributed by atoms with Gasteiger partial charge in [-0.3, -0.25) is 20.2 Å². The second-order valence-corrected chi connectivity index (χ2v) is 8.57. The minimum absolute atomic E-state index is 0.0990. The van der Waals surface area contributed by atoms with Crippen LogP contribution in [0, 0.1) is 10.1 Å². The largest absolute Gasteiger partial charge is 0.494 e. The molecule has 5 rings (SSSR count). The number of hydrogen-bond donors (Lipinski definition) is 5. The van der Waals surface area contributed by atoms with Gasteiger partial charge >= 0.3 is 0 Å². The number of hydrogen-bond acceptors (Lipinski definition) is 7. The van der Waals surface area contributed by atoms with Gasteiger partial charge in [-0.05, 0) is 29.3 Å². The molecule has 11 nitrogen and oxygen atoms in total. The molecule has 0 fully saturated rings. The third kappa shape index (κ3) is 4.86. The van der Waals surface area contributed by atoms with Gasteiger partial charge in [0.2, 0.25) is 11.9 Å². The summed E-state index contributed by atoms with van der Waals surface area (Å²) in [5.74, 6) is -0.0306. The topological polar surface area (TPSA) is 175 Å². The standard InChI is InChI=1S/C27H23N7O4/c1-15(35)30-27-29-14-23(33-27)17-6-8-19(9-7-17)31-25(18-4-2-16(13-28)3-5-18)24-21-12-20(34(37)38)10-11-22(21)32-26(24)36/h2-12,14,32,36H,13,28H2,1H3,(H2,29,30,33,35). The van der Waals surface area contributed by atoms with Crippen LogP contribution in [-0.4, -0.2) is 36.6 Å². The van der Waals surface area contributed by atoms with Crippen LogP contribution in [-0.2, 0) is 11.3 Å². The number of amides is 1. The molecule has 0 radical (unpaired) electrons. The number of benzene rings is 3. The van der Waals surface area contributed by atoms with E-state index in [1.165, 1.54) is 19.1 Å². The first kappa shape index (κ1) is 24.4. The third-order valence-corrected chi connectivity index (χ3v) is 5.96. The fourth-order valence-electron chi connectivity index (χ4n) is 4.13. The zero-order chi connectivity index (χ0) is 26.8. The van der Waals surface area contributed by atoms with Crippen molar-refractivity contribution in [3.8, 4) is 17.1 Å². The summed E-state index contributed by atoms with van der Waals surface area (Å²) in [5.41, 5.74) is 10.7. The summed E-state index contributed by atoms with van der Waals surface area (Å²) in [6, 6.07) is 19.1. The third-order valence-electron chi connectivity index (χ3n) is 5.96. The smallest absolute Gasteiger partial charge is 0.270 e. The summed E-state index contributed by atoms with van der Waals surface area (Å²) >= 11 is 0. The highest BCUT2D eigenvalue weighted by atomic mass is 16.6. The normalized spacial score (nSPS) is 11.6. The summed E-state index contributed by atoms with van der Waals surface area (Å²) in [4.78, 5) is 37.1. The van der Waals surface area contributed by atoms with Gasteiger partial charge in [0.05, 0.1) is 33.8 Å². The van der Waals surface area contributed by atoms with Crippen LogP contribution in [0.15, 0.2) is 77.9 Å². The molecule has 0 spiro atoms. The van der Waals surface area contributed by atoms with Crippen molar-refractivity contribution in [1.82, 2.24) is 15.0 Å². The molecule has 5 aromatic rings. The second-order valence-electron chi connectivity index (χ2n) is 8.57. The number of aromatic nitrogens is 3. The Morgan fingerprint density at radius 2 is 1.84 bits per heavy atom. The molecule has 0 aliphatic heterocycles. The molecule has 190 valence electrons. The lowest BCUT2D eigenvalue weighted by atomic mass is 9.99. The Bertz CT molecular complexity index is 1680. The van der Waals surface area contributed by atoms with Crippen LogP contribution < -0.4 is 11.1 Å². The Labute approximate surface area is 216 Å². The Balaban J connectivity index is 1.60. The van der Waals surface area contributed by atoms with E-state index in [1.54, 1.807) is 24.4 Å². The van der Waals surface area contributed by atoms with E-state index in [4.69, 9.17) is 10.7 Å². The van der Waals surface area contributed by atoms with E-state index in [1.807, 2.05) is 36.4 Å². The van der Waals surface area contributed by atoms with E-state index in [9.17, 15) is 20.0 Å². The highest BCUT2D eigenvalue weighted by Crippen LogP contribution is 2.34. The monoisotopic (exact) mass is 509 g/mol. The summed E-state index contributed by atoms with van der Waals surface area (Å²) in [6.07, 6.45) is 1.62. The second kappa shape index (κ2) is 9.99. The van der Waals surface area contributed by atoms with Crippen LogP contribution in [0.4, 0.5) is 17.3 Å². The van der Waals surface area contributed by atoms with Crippen LogP contribution in [0.1, 0.15) is 23.6 Å².